The number of benzene rings is 1. The molecule has 2 aromatic rings. The molecule has 0 fully saturated rings. The Kier molecular flexibility index (Phi) is 4.96. The molecular weight excluding hydrogens is 372 g/mol. The van der Waals surface area contributed by atoms with Gasteiger partial charge in [-0.25, -0.2) is 0 Å². The molecule has 19 heavy (non-hydrogen) atoms. The van der Waals surface area contributed by atoms with E-state index in [4.69, 9.17) is 0 Å². The van der Waals surface area contributed by atoms with E-state index in [-0.39, 0.29) is 11.8 Å². The lowest BCUT2D eigenvalue weighted by molar-refractivity contribution is 0.467. The molecule has 0 radical (unpaired) electrons. The lowest BCUT2D eigenvalue weighted by atomic mass is 10.1. The molecule has 1 unspecified atom stereocenters. The number of phenolic OH excluding ortho intramolecular Hbond substituents is 1. The molecule has 1 aromatic carbocycles. The van der Waals surface area contributed by atoms with Crippen LogP contribution in [0.3, 0.4) is 0 Å². The lowest BCUT2D eigenvalue weighted by Gasteiger charge is -2.14. The third-order valence-electron chi connectivity index (χ3n) is 2.87. The molecule has 1 atom stereocenters. The van der Waals surface area contributed by atoms with Gasteiger partial charge >= 0.3 is 0 Å². The second-order valence-electron chi connectivity index (χ2n) is 4.30. The van der Waals surface area contributed by atoms with Crippen molar-refractivity contribution in [2.45, 2.75) is 19.5 Å². The minimum atomic E-state index is 0.222. The Morgan fingerprint density at radius 3 is 2.58 bits per heavy atom. The Bertz CT molecular complexity index is 538. The molecule has 0 aliphatic heterocycles. The van der Waals surface area contributed by atoms with Gasteiger partial charge in [0.25, 0.3) is 0 Å². The average Bonchev–Trinajstić information content (AvgIpc) is 2.43. The van der Waals surface area contributed by atoms with Gasteiger partial charge in [0.15, 0.2) is 0 Å². The Labute approximate surface area is 129 Å². The van der Waals surface area contributed by atoms with Gasteiger partial charge in [0.2, 0.25) is 0 Å². The normalized spacial score (nSPS) is 12.4. The second kappa shape index (κ2) is 6.50. The maximum Gasteiger partial charge on any atom is 0.143 e. The maximum atomic E-state index is 9.66. The quantitative estimate of drug-likeness (QED) is 0.830. The van der Waals surface area contributed by atoms with Crippen molar-refractivity contribution in [3.8, 4) is 5.75 Å². The first kappa shape index (κ1) is 14.5. The van der Waals surface area contributed by atoms with Gasteiger partial charge in [0, 0.05) is 25.0 Å². The zero-order chi connectivity index (χ0) is 13.8. The van der Waals surface area contributed by atoms with Gasteiger partial charge in [0.1, 0.15) is 5.75 Å². The molecule has 0 spiro atoms. The fraction of sp³-hybridized carbons (Fsp3) is 0.214. The van der Waals surface area contributed by atoms with Crippen molar-refractivity contribution in [3.63, 3.8) is 0 Å². The summed E-state index contributed by atoms with van der Waals surface area (Å²) in [4.78, 5) is 4.11. The van der Waals surface area contributed by atoms with Crippen LogP contribution in [0.2, 0.25) is 0 Å². The van der Waals surface area contributed by atoms with Crippen LogP contribution in [0.4, 0.5) is 0 Å². The van der Waals surface area contributed by atoms with E-state index < -0.39 is 0 Å². The fourth-order valence-corrected chi connectivity index (χ4v) is 3.02. The minimum Gasteiger partial charge on any atom is -0.506 e. The number of nitrogens with zero attached hydrogens (tertiary/aromatic N) is 1. The standard InChI is InChI=1S/C14H14Br2N2O/c1-9(11-3-2-4-17-8-11)18-7-10-5-12(15)14(19)13(16)6-10/h2-6,8-9,18-19H,7H2,1H3. The monoisotopic (exact) mass is 384 g/mol. The van der Waals surface area contributed by atoms with Crippen LogP contribution < -0.4 is 5.32 Å². The van der Waals surface area contributed by atoms with Crippen molar-refractivity contribution < 1.29 is 5.11 Å². The first-order valence-corrected chi connectivity index (χ1v) is 7.46. The molecule has 100 valence electrons. The lowest BCUT2D eigenvalue weighted by Crippen LogP contribution is -2.18. The van der Waals surface area contributed by atoms with Crippen molar-refractivity contribution in [1.29, 1.82) is 0 Å². The summed E-state index contributed by atoms with van der Waals surface area (Å²) < 4.78 is 1.38. The molecule has 0 saturated heterocycles. The first-order chi connectivity index (χ1) is 9.08. The summed E-state index contributed by atoms with van der Waals surface area (Å²) >= 11 is 6.66. The number of hydrogen-bond donors (Lipinski definition) is 2. The van der Waals surface area contributed by atoms with E-state index in [1.54, 1.807) is 6.20 Å². The summed E-state index contributed by atoms with van der Waals surface area (Å²) in [6, 6.07) is 8.01. The highest BCUT2D eigenvalue weighted by atomic mass is 79.9. The van der Waals surface area contributed by atoms with Gasteiger partial charge in [-0.15, -0.1) is 0 Å². The maximum absolute atomic E-state index is 9.66. The van der Waals surface area contributed by atoms with Crippen LogP contribution in [-0.2, 0) is 6.54 Å². The predicted molar refractivity (Wildman–Crippen MR) is 83.0 cm³/mol. The Morgan fingerprint density at radius 2 is 2.00 bits per heavy atom. The van der Waals surface area contributed by atoms with E-state index in [1.165, 1.54) is 0 Å². The van der Waals surface area contributed by atoms with Gasteiger partial charge in [-0.3, -0.25) is 4.98 Å². The summed E-state index contributed by atoms with van der Waals surface area (Å²) in [5, 5.41) is 13.1. The molecule has 0 saturated carbocycles. The van der Waals surface area contributed by atoms with Crippen LogP contribution in [0.25, 0.3) is 0 Å². The molecule has 2 N–H and O–H groups in total. The largest absolute Gasteiger partial charge is 0.506 e. The van der Waals surface area contributed by atoms with Crippen molar-refractivity contribution >= 4 is 31.9 Å². The van der Waals surface area contributed by atoms with Crippen LogP contribution in [0.15, 0.2) is 45.6 Å². The summed E-state index contributed by atoms with van der Waals surface area (Å²) in [5.74, 6) is 0.226. The van der Waals surface area contributed by atoms with Gasteiger partial charge in [-0.2, -0.15) is 0 Å². The summed E-state index contributed by atoms with van der Waals surface area (Å²) in [5.41, 5.74) is 2.24. The molecule has 5 heteroatoms. The molecular formula is C14H14Br2N2O. The van der Waals surface area contributed by atoms with Crippen molar-refractivity contribution in [3.05, 3.63) is 56.7 Å². The number of halogens is 2. The third kappa shape index (κ3) is 3.78. The Morgan fingerprint density at radius 1 is 1.32 bits per heavy atom. The van der Waals surface area contributed by atoms with Crippen LogP contribution in [0.1, 0.15) is 24.1 Å². The summed E-state index contributed by atoms with van der Waals surface area (Å²) in [7, 11) is 0. The molecule has 0 aliphatic carbocycles. The van der Waals surface area contributed by atoms with Crippen LogP contribution in [0.5, 0.6) is 5.75 Å². The molecule has 0 amide bonds. The summed E-state index contributed by atoms with van der Waals surface area (Å²) in [6.07, 6.45) is 3.63. The molecule has 0 aliphatic rings. The van der Waals surface area contributed by atoms with Crippen molar-refractivity contribution in [1.82, 2.24) is 10.3 Å². The van der Waals surface area contributed by atoms with Crippen LogP contribution >= 0.6 is 31.9 Å². The Hall–Kier alpha value is -0.910. The van der Waals surface area contributed by atoms with Gasteiger partial charge in [-0.1, -0.05) is 6.07 Å². The molecule has 0 bridgehead atoms. The number of hydrogen-bond acceptors (Lipinski definition) is 3. The van der Waals surface area contributed by atoms with E-state index >= 15 is 0 Å². The van der Waals surface area contributed by atoms with Crippen LogP contribution in [0, 0.1) is 0 Å². The highest BCUT2D eigenvalue weighted by Gasteiger charge is 2.08. The third-order valence-corrected chi connectivity index (χ3v) is 4.08. The smallest absolute Gasteiger partial charge is 0.143 e. The zero-order valence-electron chi connectivity index (χ0n) is 10.4. The van der Waals surface area contributed by atoms with Gasteiger partial charge in [-0.05, 0) is 68.1 Å². The molecule has 3 nitrogen and oxygen atoms in total. The molecule has 1 heterocycles. The van der Waals surface area contributed by atoms with E-state index in [0.29, 0.717) is 15.5 Å². The van der Waals surface area contributed by atoms with Crippen LogP contribution in [-0.4, -0.2) is 10.1 Å². The van der Waals surface area contributed by atoms with Crippen molar-refractivity contribution in [2.75, 3.05) is 0 Å². The topological polar surface area (TPSA) is 45.1 Å². The van der Waals surface area contributed by atoms with Gasteiger partial charge < -0.3 is 10.4 Å². The number of phenols is 1. The molecule has 1 aromatic heterocycles. The van der Waals surface area contributed by atoms with Crippen molar-refractivity contribution in [2.24, 2.45) is 0 Å². The van der Waals surface area contributed by atoms with E-state index in [9.17, 15) is 5.11 Å². The highest BCUT2D eigenvalue weighted by molar-refractivity contribution is 9.11. The van der Waals surface area contributed by atoms with E-state index in [0.717, 1.165) is 11.1 Å². The number of aromatic hydroxyl groups is 1. The first-order valence-electron chi connectivity index (χ1n) is 5.88. The fourth-order valence-electron chi connectivity index (χ4n) is 1.74. The number of nitrogens with one attached hydrogen (secondary N) is 1. The average molecular weight is 386 g/mol. The Balaban J connectivity index is 2.03. The summed E-state index contributed by atoms with van der Waals surface area (Å²) in [6.45, 7) is 2.81. The minimum absolute atomic E-state index is 0.222. The highest BCUT2D eigenvalue weighted by Crippen LogP contribution is 2.33. The van der Waals surface area contributed by atoms with E-state index in [2.05, 4.69) is 49.1 Å². The van der Waals surface area contributed by atoms with E-state index in [1.807, 2.05) is 30.5 Å². The number of rotatable bonds is 4. The molecule has 2 rings (SSSR count). The number of aromatic nitrogens is 1. The number of pyridine rings is 1. The predicted octanol–water partition coefficient (Wildman–Crippen LogP) is 4.16. The second-order valence-corrected chi connectivity index (χ2v) is 6.01. The zero-order valence-corrected chi connectivity index (χ0v) is 13.6. The SMILES string of the molecule is CC(NCc1cc(Br)c(O)c(Br)c1)c1cccnc1. The van der Waals surface area contributed by atoms with Gasteiger partial charge in [0.05, 0.1) is 8.95 Å².